The Labute approximate surface area is 189 Å². The highest BCUT2D eigenvalue weighted by molar-refractivity contribution is 5.94. The number of rotatable bonds is 6. The molecule has 1 atom stereocenters. The van der Waals surface area contributed by atoms with Crippen molar-refractivity contribution in [1.82, 2.24) is 9.78 Å². The molecule has 0 aliphatic rings. The molecule has 0 radical (unpaired) electrons. The molecule has 3 rings (SSSR count). The number of benzene rings is 2. The number of halogens is 2. The lowest BCUT2D eigenvalue weighted by atomic mass is 10.1. The lowest BCUT2D eigenvalue weighted by Gasteiger charge is -2.16. The van der Waals surface area contributed by atoms with Gasteiger partial charge in [0, 0.05) is 23.2 Å². The predicted octanol–water partition coefficient (Wildman–Crippen LogP) is 4.29. The summed E-state index contributed by atoms with van der Waals surface area (Å²) >= 11 is 0. The van der Waals surface area contributed by atoms with E-state index in [1.807, 2.05) is 6.92 Å². The largest absolute Gasteiger partial charge is 0.326 e. The molecule has 0 aliphatic carbocycles. The van der Waals surface area contributed by atoms with E-state index in [1.165, 1.54) is 25.1 Å². The zero-order valence-corrected chi connectivity index (χ0v) is 18.6. The SMILES string of the molecule is Cc1ccc(-c2ccc(=O)n([C@H](C)C(=O)Nc3c(F)cccc3F)n2)cc1NC(=O)C(C)C. The average Bonchev–Trinajstić information content (AvgIpc) is 2.77. The summed E-state index contributed by atoms with van der Waals surface area (Å²) in [5.74, 6) is -3.01. The van der Waals surface area contributed by atoms with Gasteiger partial charge in [-0.3, -0.25) is 14.4 Å². The van der Waals surface area contributed by atoms with E-state index in [1.54, 1.807) is 32.0 Å². The zero-order valence-electron chi connectivity index (χ0n) is 18.6. The molecule has 0 spiro atoms. The Bertz CT molecular complexity index is 1250. The molecular formula is C24H24F2N4O3. The van der Waals surface area contributed by atoms with Crippen molar-refractivity contribution in [3.8, 4) is 11.3 Å². The van der Waals surface area contributed by atoms with Gasteiger partial charge >= 0.3 is 0 Å². The minimum atomic E-state index is -1.15. The van der Waals surface area contributed by atoms with E-state index in [9.17, 15) is 23.2 Å². The first kappa shape index (κ1) is 23.8. The molecule has 3 aromatic rings. The van der Waals surface area contributed by atoms with Crippen molar-refractivity contribution in [1.29, 1.82) is 0 Å². The van der Waals surface area contributed by atoms with Crippen molar-refractivity contribution < 1.29 is 18.4 Å². The highest BCUT2D eigenvalue weighted by Gasteiger charge is 2.21. The summed E-state index contributed by atoms with van der Waals surface area (Å²) in [4.78, 5) is 37.1. The van der Waals surface area contributed by atoms with Gasteiger partial charge in [0.15, 0.2) is 0 Å². The second-order valence-electron chi connectivity index (χ2n) is 7.94. The van der Waals surface area contributed by atoms with Crippen LogP contribution in [0.2, 0.25) is 0 Å². The normalized spacial score (nSPS) is 11.8. The molecule has 2 amide bonds. The Morgan fingerprint density at radius 3 is 2.24 bits per heavy atom. The first-order valence-electron chi connectivity index (χ1n) is 10.3. The van der Waals surface area contributed by atoms with Crippen molar-refractivity contribution in [3.63, 3.8) is 0 Å². The molecule has 2 N–H and O–H groups in total. The van der Waals surface area contributed by atoms with Gasteiger partial charge in [0.25, 0.3) is 5.56 Å². The molecule has 0 bridgehead atoms. The van der Waals surface area contributed by atoms with Gasteiger partial charge < -0.3 is 10.6 Å². The molecule has 2 aromatic carbocycles. The molecule has 9 heteroatoms. The van der Waals surface area contributed by atoms with E-state index < -0.39 is 34.8 Å². The number of anilines is 2. The number of aryl methyl sites for hydroxylation is 1. The van der Waals surface area contributed by atoms with Crippen LogP contribution in [0.25, 0.3) is 11.3 Å². The first-order chi connectivity index (χ1) is 15.6. The fourth-order valence-corrected chi connectivity index (χ4v) is 3.01. The van der Waals surface area contributed by atoms with Crippen LogP contribution in [0.1, 0.15) is 32.4 Å². The van der Waals surface area contributed by atoms with Crippen molar-refractivity contribution in [2.24, 2.45) is 5.92 Å². The second kappa shape index (κ2) is 9.72. The van der Waals surface area contributed by atoms with Crippen LogP contribution in [0.4, 0.5) is 20.2 Å². The molecule has 1 heterocycles. The molecule has 0 aliphatic heterocycles. The summed E-state index contributed by atoms with van der Waals surface area (Å²) in [5.41, 5.74) is 1.29. The topological polar surface area (TPSA) is 93.1 Å². The molecule has 33 heavy (non-hydrogen) atoms. The summed E-state index contributed by atoms with van der Waals surface area (Å²) in [5, 5.41) is 9.31. The second-order valence-corrected chi connectivity index (χ2v) is 7.94. The van der Waals surface area contributed by atoms with Gasteiger partial charge in [-0.05, 0) is 43.7 Å². The number of carbonyl (C=O) groups is 2. The van der Waals surface area contributed by atoms with E-state index in [0.717, 1.165) is 22.4 Å². The van der Waals surface area contributed by atoms with E-state index in [2.05, 4.69) is 15.7 Å². The third kappa shape index (κ3) is 5.31. The molecule has 0 fully saturated rings. The monoisotopic (exact) mass is 454 g/mol. The Morgan fingerprint density at radius 2 is 1.61 bits per heavy atom. The van der Waals surface area contributed by atoms with Gasteiger partial charge in [0.2, 0.25) is 11.8 Å². The quantitative estimate of drug-likeness (QED) is 0.581. The van der Waals surface area contributed by atoms with Gasteiger partial charge in [0.05, 0.1) is 5.69 Å². The average molecular weight is 454 g/mol. The molecular weight excluding hydrogens is 430 g/mol. The lowest BCUT2D eigenvalue weighted by Crippen LogP contribution is -2.33. The van der Waals surface area contributed by atoms with Crippen molar-refractivity contribution in [2.75, 3.05) is 10.6 Å². The first-order valence-corrected chi connectivity index (χ1v) is 10.3. The van der Waals surface area contributed by atoms with Gasteiger partial charge in [-0.2, -0.15) is 5.10 Å². The number of carbonyl (C=O) groups excluding carboxylic acids is 2. The van der Waals surface area contributed by atoms with Crippen LogP contribution in [0.5, 0.6) is 0 Å². The lowest BCUT2D eigenvalue weighted by molar-refractivity contribution is -0.119. The van der Waals surface area contributed by atoms with Crippen LogP contribution < -0.4 is 16.2 Å². The van der Waals surface area contributed by atoms with Crippen LogP contribution in [-0.2, 0) is 9.59 Å². The molecule has 7 nitrogen and oxygen atoms in total. The number of hydrogen-bond acceptors (Lipinski definition) is 4. The van der Waals surface area contributed by atoms with Crippen molar-refractivity contribution >= 4 is 23.2 Å². The predicted molar refractivity (Wildman–Crippen MR) is 122 cm³/mol. The fourth-order valence-electron chi connectivity index (χ4n) is 3.01. The van der Waals surface area contributed by atoms with Gasteiger partial charge in [-0.15, -0.1) is 0 Å². The minimum absolute atomic E-state index is 0.140. The van der Waals surface area contributed by atoms with Crippen LogP contribution >= 0.6 is 0 Å². The summed E-state index contributed by atoms with van der Waals surface area (Å²) in [6.45, 7) is 6.81. The maximum Gasteiger partial charge on any atom is 0.267 e. The summed E-state index contributed by atoms with van der Waals surface area (Å²) < 4.78 is 28.7. The third-order valence-corrected chi connectivity index (χ3v) is 5.10. The van der Waals surface area contributed by atoms with E-state index in [-0.39, 0.29) is 11.8 Å². The summed E-state index contributed by atoms with van der Waals surface area (Å²) in [7, 11) is 0. The summed E-state index contributed by atoms with van der Waals surface area (Å²) in [6, 6.07) is 10.1. The minimum Gasteiger partial charge on any atom is -0.326 e. The number of nitrogens with one attached hydrogen (secondary N) is 2. The molecule has 172 valence electrons. The van der Waals surface area contributed by atoms with Crippen LogP contribution in [0, 0.1) is 24.5 Å². The van der Waals surface area contributed by atoms with Gasteiger partial charge in [-0.25, -0.2) is 13.5 Å². The smallest absolute Gasteiger partial charge is 0.267 e. The van der Waals surface area contributed by atoms with E-state index in [0.29, 0.717) is 16.9 Å². The number of amides is 2. The van der Waals surface area contributed by atoms with Crippen molar-refractivity contribution in [3.05, 3.63) is 76.1 Å². The maximum atomic E-state index is 13.9. The molecule has 1 aromatic heterocycles. The van der Waals surface area contributed by atoms with Crippen LogP contribution in [0.3, 0.4) is 0 Å². The Hall–Kier alpha value is -3.88. The number of nitrogens with zero attached hydrogens (tertiary/aromatic N) is 2. The Balaban J connectivity index is 1.91. The Morgan fingerprint density at radius 1 is 0.939 bits per heavy atom. The van der Waals surface area contributed by atoms with Gasteiger partial charge in [0.1, 0.15) is 23.4 Å². The summed E-state index contributed by atoms with van der Waals surface area (Å²) in [6.07, 6.45) is 0. The molecule has 0 saturated carbocycles. The molecule has 0 unspecified atom stereocenters. The fraction of sp³-hybridized carbons (Fsp3) is 0.250. The highest BCUT2D eigenvalue weighted by Crippen LogP contribution is 2.25. The van der Waals surface area contributed by atoms with E-state index in [4.69, 9.17) is 0 Å². The van der Waals surface area contributed by atoms with Crippen LogP contribution in [-0.4, -0.2) is 21.6 Å². The maximum absolute atomic E-state index is 13.9. The number of hydrogen-bond donors (Lipinski definition) is 2. The molecule has 0 saturated heterocycles. The van der Waals surface area contributed by atoms with Crippen LogP contribution in [0.15, 0.2) is 53.3 Å². The van der Waals surface area contributed by atoms with E-state index >= 15 is 0 Å². The zero-order chi connectivity index (χ0) is 24.3. The van der Waals surface area contributed by atoms with Crippen molar-refractivity contribution in [2.45, 2.75) is 33.7 Å². The highest BCUT2D eigenvalue weighted by atomic mass is 19.1. The number of aromatic nitrogens is 2. The Kier molecular flexibility index (Phi) is 7.01. The number of para-hydroxylation sites is 1. The standard InChI is InChI=1S/C24H24F2N4O3/c1-13(2)23(32)27-20-12-16(9-8-14(20)3)19-10-11-21(31)30(29-19)15(4)24(33)28-22-17(25)6-5-7-18(22)26/h5-13,15H,1-4H3,(H,27,32)(H,28,33)/t15-/m1/s1. The third-order valence-electron chi connectivity index (χ3n) is 5.10. The van der Waals surface area contributed by atoms with Gasteiger partial charge in [-0.1, -0.05) is 32.0 Å².